The largest absolute Gasteiger partial charge is 0.337 e. The molecular weight excluding hydrogens is 218 g/mol. The van der Waals surface area contributed by atoms with Crippen LogP contribution < -0.4 is 5.73 Å². The van der Waals surface area contributed by atoms with Gasteiger partial charge in [-0.15, -0.1) is 5.10 Å². The molecule has 0 bridgehead atoms. The molecule has 0 spiro atoms. The van der Waals surface area contributed by atoms with E-state index in [2.05, 4.69) is 16.9 Å². The molecule has 6 heteroatoms. The third-order valence-corrected chi connectivity index (χ3v) is 2.29. The Kier molecular flexibility index (Phi) is 4.84. The molecule has 0 aromatic carbocycles. The van der Waals surface area contributed by atoms with Crippen LogP contribution in [0.3, 0.4) is 0 Å². The first-order valence-electron chi connectivity index (χ1n) is 5.58. The van der Waals surface area contributed by atoms with Crippen LogP contribution in [0, 0.1) is 0 Å². The molecule has 2 N–H and O–H groups in total. The van der Waals surface area contributed by atoms with E-state index in [0.717, 1.165) is 5.57 Å². The fourth-order valence-electron chi connectivity index (χ4n) is 1.45. The number of carbonyl (C=O) groups is 1. The van der Waals surface area contributed by atoms with E-state index in [1.807, 2.05) is 13.8 Å². The third kappa shape index (κ3) is 3.99. The van der Waals surface area contributed by atoms with Crippen molar-refractivity contribution in [2.45, 2.75) is 26.9 Å². The number of nitrogens with two attached hydrogens (primary N) is 1. The summed E-state index contributed by atoms with van der Waals surface area (Å²) in [5, 5.41) is 7.67. The molecule has 0 fully saturated rings. The summed E-state index contributed by atoms with van der Waals surface area (Å²) in [6, 6.07) is 0. The number of carbonyl (C=O) groups excluding carboxylic acids is 1. The first kappa shape index (κ1) is 13.4. The molecule has 0 aliphatic rings. The van der Waals surface area contributed by atoms with Gasteiger partial charge in [0, 0.05) is 19.6 Å². The molecule has 0 aliphatic heterocycles. The van der Waals surface area contributed by atoms with E-state index in [1.165, 1.54) is 4.68 Å². The van der Waals surface area contributed by atoms with Gasteiger partial charge >= 0.3 is 0 Å². The molecule has 1 heterocycles. The fourth-order valence-corrected chi connectivity index (χ4v) is 1.45. The molecule has 1 rings (SSSR count). The number of hydrogen-bond acceptors (Lipinski definition) is 4. The van der Waals surface area contributed by atoms with Gasteiger partial charge in [0.05, 0.1) is 11.9 Å². The van der Waals surface area contributed by atoms with Crippen molar-refractivity contribution in [2.75, 3.05) is 13.1 Å². The lowest BCUT2D eigenvalue weighted by Gasteiger charge is -2.20. The number of amides is 1. The minimum Gasteiger partial charge on any atom is -0.337 e. The summed E-state index contributed by atoms with van der Waals surface area (Å²) >= 11 is 0. The minimum atomic E-state index is 0.00368. The summed E-state index contributed by atoms with van der Waals surface area (Å²) in [5.41, 5.74) is 7.06. The first-order valence-corrected chi connectivity index (χ1v) is 5.58. The molecule has 1 amide bonds. The van der Waals surface area contributed by atoms with Crippen LogP contribution in [-0.4, -0.2) is 38.9 Å². The lowest BCUT2D eigenvalue weighted by Crippen LogP contribution is -2.35. The predicted octanol–water partition coefficient (Wildman–Crippen LogP) is 0.161. The topological polar surface area (TPSA) is 77.0 Å². The summed E-state index contributed by atoms with van der Waals surface area (Å²) in [5.74, 6) is 0.00368. The van der Waals surface area contributed by atoms with Crippen LogP contribution in [0.2, 0.25) is 0 Å². The molecule has 0 atom stereocenters. The Balaban J connectivity index is 2.60. The van der Waals surface area contributed by atoms with Gasteiger partial charge in [-0.25, -0.2) is 4.68 Å². The molecule has 17 heavy (non-hydrogen) atoms. The molecule has 94 valence electrons. The number of hydrogen-bond donors (Lipinski definition) is 1. The van der Waals surface area contributed by atoms with Crippen LogP contribution >= 0.6 is 0 Å². The van der Waals surface area contributed by atoms with Gasteiger partial charge < -0.3 is 10.6 Å². The Morgan fingerprint density at radius 1 is 1.65 bits per heavy atom. The maximum Gasteiger partial charge on any atom is 0.244 e. The van der Waals surface area contributed by atoms with Gasteiger partial charge in [-0.2, -0.15) is 0 Å². The normalized spacial score (nSPS) is 10.3. The molecule has 0 aliphatic carbocycles. The molecule has 0 saturated carbocycles. The average Bonchev–Trinajstić information content (AvgIpc) is 2.73. The second-order valence-electron chi connectivity index (χ2n) is 3.98. The monoisotopic (exact) mass is 237 g/mol. The number of likely N-dealkylation sites (N-methyl/N-ethyl adjacent to an activating group) is 1. The molecular formula is C11H19N5O. The van der Waals surface area contributed by atoms with E-state index in [9.17, 15) is 4.79 Å². The van der Waals surface area contributed by atoms with Crippen molar-refractivity contribution in [3.05, 3.63) is 24.0 Å². The number of nitrogens with zero attached hydrogens (tertiary/aromatic N) is 4. The van der Waals surface area contributed by atoms with Crippen LogP contribution in [0.5, 0.6) is 0 Å². The highest BCUT2D eigenvalue weighted by Gasteiger charge is 2.13. The third-order valence-electron chi connectivity index (χ3n) is 2.29. The zero-order valence-corrected chi connectivity index (χ0v) is 10.4. The zero-order chi connectivity index (χ0) is 12.8. The van der Waals surface area contributed by atoms with Crippen molar-refractivity contribution in [1.29, 1.82) is 0 Å². The smallest absolute Gasteiger partial charge is 0.244 e. The highest BCUT2D eigenvalue weighted by atomic mass is 16.2. The van der Waals surface area contributed by atoms with Gasteiger partial charge in [0.2, 0.25) is 5.91 Å². The van der Waals surface area contributed by atoms with Crippen molar-refractivity contribution in [2.24, 2.45) is 5.73 Å². The van der Waals surface area contributed by atoms with Crippen molar-refractivity contribution in [3.8, 4) is 0 Å². The van der Waals surface area contributed by atoms with Crippen molar-refractivity contribution in [1.82, 2.24) is 19.9 Å². The number of rotatable bonds is 6. The average molecular weight is 237 g/mol. The summed E-state index contributed by atoms with van der Waals surface area (Å²) in [6.07, 6.45) is 1.69. The highest BCUT2D eigenvalue weighted by Crippen LogP contribution is 1.99. The van der Waals surface area contributed by atoms with Crippen molar-refractivity contribution >= 4 is 5.91 Å². The molecule has 0 radical (unpaired) electrons. The Labute approximate surface area is 101 Å². The minimum absolute atomic E-state index is 0.00368. The van der Waals surface area contributed by atoms with Gasteiger partial charge in [-0.3, -0.25) is 4.79 Å². The molecule has 0 saturated heterocycles. The van der Waals surface area contributed by atoms with Crippen LogP contribution in [0.25, 0.3) is 0 Å². The van der Waals surface area contributed by atoms with E-state index >= 15 is 0 Å². The fraction of sp³-hybridized carbons (Fsp3) is 0.545. The van der Waals surface area contributed by atoms with Crippen molar-refractivity contribution < 1.29 is 4.79 Å². The summed E-state index contributed by atoms with van der Waals surface area (Å²) in [7, 11) is 0. The van der Waals surface area contributed by atoms with Gasteiger partial charge in [0.1, 0.15) is 6.54 Å². The number of aromatic nitrogens is 3. The molecule has 0 unspecified atom stereocenters. The van der Waals surface area contributed by atoms with Gasteiger partial charge in [-0.1, -0.05) is 17.4 Å². The van der Waals surface area contributed by atoms with Crippen LogP contribution in [-0.2, 0) is 17.9 Å². The maximum atomic E-state index is 11.9. The Morgan fingerprint density at radius 2 is 2.35 bits per heavy atom. The molecule has 1 aromatic heterocycles. The van der Waals surface area contributed by atoms with Crippen LogP contribution in [0.1, 0.15) is 19.5 Å². The van der Waals surface area contributed by atoms with Gasteiger partial charge in [-0.05, 0) is 13.8 Å². The SMILES string of the molecule is C=C(C)CN(CC)C(=O)Cn1cc(CN)nn1. The Bertz CT molecular complexity index is 398. The summed E-state index contributed by atoms with van der Waals surface area (Å²) < 4.78 is 1.51. The van der Waals surface area contributed by atoms with E-state index in [1.54, 1.807) is 11.1 Å². The summed E-state index contributed by atoms with van der Waals surface area (Å²) in [4.78, 5) is 13.7. The quantitative estimate of drug-likeness (QED) is 0.715. The van der Waals surface area contributed by atoms with E-state index < -0.39 is 0 Å². The van der Waals surface area contributed by atoms with Gasteiger partial charge in [0.25, 0.3) is 0 Å². The lowest BCUT2D eigenvalue weighted by atomic mass is 10.3. The van der Waals surface area contributed by atoms with Gasteiger partial charge in [0.15, 0.2) is 0 Å². The standard InChI is InChI=1S/C11H19N5O/c1-4-15(6-9(2)3)11(17)8-16-7-10(5-12)13-14-16/h7H,2,4-6,8,12H2,1,3H3. The predicted molar refractivity (Wildman–Crippen MR) is 65.0 cm³/mol. The summed E-state index contributed by atoms with van der Waals surface area (Å²) in [6.45, 7) is 9.40. The lowest BCUT2D eigenvalue weighted by molar-refractivity contribution is -0.131. The Morgan fingerprint density at radius 3 is 2.82 bits per heavy atom. The van der Waals surface area contributed by atoms with Crippen LogP contribution in [0.15, 0.2) is 18.3 Å². The second-order valence-corrected chi connectivity index (χ2v) is 3.98. The first-order chi connectivity index (χ1) is 8.06. The van der Waals surface area contributed by atoms with E-state index in [-0.39, 0.29) is 12.5 Å². The second kappa shape index (κ2) is 6.15. The van der Waals surface area contributed by atoms with Crippen LogP contribution in [0.4, 0.5) is 0 Å². The Hall–Kier alpha value is -1.69. The van der Waals surface area contributed by atoms with E-state index in [0.29, 0.717) is 25.3 Å². The highest BCUT2D eigenvalue weighted by molar-refractivity contribution is 5.76. The molecule has 6 nitrogen and oxygen atoms in total. The zero-order valence-electron chi connectivity index (χ0n) is 10.4. The molecule has 1 aromatic rings. The maximum absolute atomic E-state index is 11.9. The van der Waals surface area contributed by atoms with E-state index in [4.69, 9.17) is 5.73 Å². The van der Waals surface area contributed by atoms with Crippen molar-refractivity contribution in [3.63, 3.8) is 0 Å².